The molecule has 0 aromatic heterocycles. The maximum atomic E-state index is 13.0. The molecule has 2 rings (SSSR count). The van der Waals surface area contributed by atoms with Crippen LogP contribution in [0.1, 0.15) is 10.4 Å². The maximum absolute atomic E-state index is 13.0. The highest BCUT2D eigenvalue weighted by atomic mass is 35.5. The number of anilines is 1. The number of primary amides is 1. The second-order valence-corrected chi connectivity index (χ2v) is 7.70. The van der Waals surface area contributed by atoms with Crippen LogP contribution < -0.4 is 14.8 Å². The lowest BCUT2D eigenvalue weighted by Gasteiger charge is -2.22. The molecular formula is C17H17ClN2O6S. The quantitative estimate of drug-likeness (QED) is 0.693. The number of nitrogens with zero attached hydrogens (tertiary/aromatic N) is 1. The second kappa shape index (κ2) is 8.28. The fourth-order valence-corrected chi connectivity index (χ4v) is 3.64. The van der Waals surface area contributed by atoms with E-state index in [4.69, 9.17) is 26.8 Å². The molecule has 2 aromatic rings. The van der Waals surface area contributed by atoms with E-state index < -0.39 is 28.5 Å². The van der Waals surface area contributed by atoms with Gasteiger partial charge in [0.1, 0.15) is 5.75 Å². The summed E-state index contributed by atoms with van der Waals surface area (Å²) in [7, 11) is -1.25. The van der Waals surface area contributed by atoms with E-state index in [1.807, 2.05) is 0 Å². The minimum Gasteiger partial charge on any atom is -0.495 e. The highest BCUT2D eigenvalue weighted by Crippen LogP contribution is 2.32. The second-order valence-electron chi connectivity index (χ2n) is 5.33. The SMILES string of the molecule is COc1ccccc1N(C)S(=O)(=O)c1ccc(Cl)c(C(=O)OCC(N)=O)c1. The Morgan fingerprint density at radius 3 is 2.48 bits per heavy atom. The number of hydrogen-bond donors (Lipinski definition) is 1. The molecule has 0 unspecified atom stereocenters. The number of rotatable bonds is 7. The summed E-state index contributed by atoms with van der Waals surface area (Å²) in [6.45, 7) is -0.646. The van der Waals surface area contributed by atoms with Gasteiger partial charge in [0.05, 0.1) is 28.3 Å². The lowest BCUT2D eigenvalue weighted by atomic mass is 10.2. The Bertz CT molecular complexity index is 977. The number of sulfonamides is 1. The van der Waals surface area contributed by atoms with Gasteiger partial charge in [0, 0.05) is 7.05 Å². The van der Waals surface area contributed by atoms with Gasteiger partial charge < -0.3 is 15.2 Å². The van der Waals surface area contributed by atoms with Crippen LogP contribution in [-0.4, -0.2) is 41.1 Å². The van der Waals surface area contributed by atoms with Crippen LogP contribution in [0.3, 0.4) is 0 Å². The molecule has 0 aliphatic carbocycles. The zero-order valence-electron chi connectivity index (χ0n) is 14.5. The molecule has 1 amide bonds. The van der Waals surface area contributed by atoms with Crippen LogP contribution in [0.25, 0.3) is 0 Å². The molecular weight excluding hydrogens is 396 g/mol. The Kier molecular flexibility index (Phi) is 6.29. The fraction of sp³-hybridized carbons (Fsp3) is 0.176. The molecule has 2 aromatic carbocycles. The van der Waals surface area contributed by atoms with Crippen LogP contribution >= 0.6 is 11.6 Å². The van der Waals surface area contributed by atoms with Crippen LogP contribution in [-0.2, 0) is 19.6 Å². The van der Waals surface area contributed by atoms with E-state index in [2.05, 4.69) is 0 Å². The van der Waals surface area contributed by atoms with E-state index in [0.717, 1.165) is 10.4 Å². The van der Waals surface area contributed by atoms with E-state index >= 15 is 0 Å². The van der Waals surface area contributed by atoms with Gasteiger partial charge in [-0.3, -0.25) is 9.10 Å². The molecule has 0 radical (unpaired) electrons. The molecule has 2 N–H and O–H groups in total. The van der Waals surface area contributed by atoms with Gasteiger partial charge in [-0.1, -0.05) is 23.7 Å². The molecule has 0 aliphatic rings. The van der Waals surface area contributed by atoms with Gasteiger partial charge in [-0.2, -0.15) is 0 Å². The van der Waals surface area contributed by atoms with Crippen molar-refractivity contribution in [2.45, 2.75) is 4.90 Å². The highest BCUT2D eigenvalue weighted by Gasteiger charge is 2.26. The van der Waals surface area contributed by atoms with Gasteiger partial charge >= 0.3 is 5.97 Å². The minimum absolute atomic E-state index is 0.0247. The first-order chi connectivity index (χ1) is 12.7. The van der Waals surface area contributed by atoms with Crippen molar-refractivity contribution in [3.8, 4) is 5.75 Å². The van der Waals surface area contributed by atoms with Crippen LogP contribution in [0.2, 0.25) is 5.02 Å². The lowest BCUT2D eigenvalue weighted by molar-refractivity contribution is -0.121. The van der Waals surface area contributed by atoms with E-state index in [1.165, 1.54) is 26.3 Å². The molecule has 0 bridgehead atoms. The molecule has 0 aliphatic heterocycles. The minimum atomic E-state index is -4.03. The Balaban J connectivity index is 2.43. The third-order valence-electron chi connectivity index (χ3n) is 3.59. The third-order valence-corrected chi connectivity index (χ3v) is 5.68. The van der Waals surface area contributed by atoms with Crippen LogP contribution in [0.15, 0.2) is 47.4 Å². The van der Waals surface area contributed by atoms with Crippen molar-refractivity contribution in [3.63, 3.8) is 0 Å². The number of para-hydroxylation sites is 2. The number of carbonyl (C=O) groups excluding carboxylic acids is 2. The van der Waals surface area contributed by atoms with Crippen molar-refractivity contribution in [2.75, 3.05) is 25.1 Å². The zero-order valence-corrected chi connectivity index (χ0v) is 16.1. The number of halogens is 1. The summed E-state index contributed by atoms with van der Waals surface area (Å²) in [5, 5.41) is -0.0247. The first-order valence-corrected chi connectivity index (χ1v) is 9.37. The number of esters is 1. The number of carbonyl (C=O) groups is 2. The highest BCUT2D eigenvalue weighted by molar-refractivity contribution is 7.92. The average Bonchev–Trinajstić information content (AvgIpc) is 2.65. The summed E-state index contributed by atoms with van der Waals surface area (Å²) in [6.07, 6.45) is 0. The summed E-state index contributed by atoms with van der Waals surface area (Å²) in [5.41, 5.74) is 5.04. The molecule has 0 heterocycles. The number of nitrogens with two attached hydrogens (primary N) is 1. The van der Waals surface area contributed by atoms with Crippen molar-refractivity contribution in [1.82, 2.24) is 0 Å². The van der Waals surface area contributed by atoms with Gasteiger partial charge in [-0.05, 0) is 30.3 Å². The Morgan fingerprint density at radius 1 is 1.19 bits per heavy atom. The molecule has 8 nitrogen and oxygen atoms in total. The van der Waals surface area contributed by atoms with E-state index in [-0.39, 0.29) is 15.5 Å². The van der Waals surface area contributed by atoms with E-state index in [9.17, 15) is 18.0 Å². The number of hydrogen-bond acceptors (Lipinski definition) is 6. The maximum Gasteiger partial charge on any atom is 0.340 e. The molecule has 27 heavy (non-hydrogen) atoms. The van der Waals surface area contributed by atoms with Gasteiger partial charge in [-0.25, -0.2) is 13.2 Å². The van der Waals surface area contributed by atoms with Crippen molar-refractivity contribution in [2.24, 2.45) is 5.73 Å². The summed E-state index contributed by atoms with van der Waals surface area (Å²) in [5.74, 6) is -1.45. The molecule has 0 saturated carbocycles. The summed E-state index contributed by atoms with van der Waals surface area (Å²) >= 11 is 5.96. The number of benzene rings is 2. The smallest absolute Gasteiger partial charge is 0.340 e. The first kappa shape index (κ1) is 20.5. The lowest BCUT2D eigenvalue weighted by Crippen LogP contribution is -2.27. The summed E-state index contributed by atoms with van der Waals surface area (Å²) in [4.78, 5) is 22.6. The molecule has 0 saturated heterocycles. The third kappa shape index (κ3) is 4.50. The fourth-order valence-electron chi connectivity index (χ4n) is 2.21. The van der Waals surface area contributed by atoms with Crippen LogP contribution in [0, 0.1) is 0 Å². The zero-order chi connectivity index (χ0) is 20.2. The Hall–Kier alpha value is -2.78. The van der Waals surface area contributed by atoms with Crippen LogP contribution in [0.5, 0.6) is 5.75 Å². The largest absolute Gasteiger partial charge is 0.495 e. The number of ether oxygens (including phenoxy) is 2. The monoisotopic (exact) mass is 412 g/mol. The van der Waals surface area contributed by atoms with E-state index in [1.54, 1.807) is 24.3 Å². The molecule has 144 valence electrons. The standard InChI is InChI=1S/C17H17ClN2O6S/c1-20(14-5-3-4-6-15(14)25-2)27(23,24)11-7-8-13(18)12(9-11)17(22)26-10-16(19)21/h3-9H,10H2,1-2H3,(H2,19,21). The predicted molar refractivity (Wildman–Crippen MR) is 99.5 cm³/mol. The van der Waals surface area contributed by atoms with Crippen molar-refractivity contribution < 1.29 is 27.5 Å². The van der Waals surface area contributed by atoms with Gasteiger partial charge in [0.2, 0.25) is 0 Å². The van der Waals surface area contributed by atoms with Gasteiger partial charge in [0.15, 0.2) is 6.61 Å². The van der Waals surface area contributed by atoms with Crippen molar-refractivity contribution >= 4 is 39.2 Å². The summed E-state index contributed by atoms with van der Waals surface area (Å²) < 4.78 is 36.8. The topological polar surface area (TPSA) is 116 Å². The van der Waals surface area contributed by atoms with Gasteiger partial charge in [0.25, 0.3) is 15.9 Å². The number of amides is 1. The average molecular weight is 413 g/mol. The normalized spacial score (nSPS) is 10.9. The first-order valence-electron chi connectivity index (χ1n) is 7.55. The van der Waals surface area contributed by atoms with Crippen molar-refractivity contribution in [3.05, 3.63) is 53.1 Å². The Labute approximate surface area is 161 Å². The Morgan fingerprint density at radius 2 is 1.85 bits per heavy atom. The van der Waals surface area contributed by atoms with Crippen LogP contribution in [0.4, 0.5) is 5.69 Å². The predicted octanol–water partition coefficient (Wildman–Crippen LogP) is 1.82. The molecule has 10 heteroatoms. The molecule has 0 atom stereocenters. The summed E-state index contributed by atoms with van der Waals surface area (Å²) in [6, 6.07) is 10.2. The van der Waals surface area contributed by atoms with Crippen molar-refractivity contribution in [1.29, 1.82) is 0 Å². The molecule has 0 spiro atoms. The number of methoxy groups -OCH3 is 1. The van der Waals surface area contributed by atoms with Gasteiger partial charge in [-0.15, -0.1) is 0 Å². The molecule has 0 fully saturated rings. The van der Waals surface area contributed by atoms with E-state index in [0.29, 0.717) is 11.4 Å².